The molecule has 160 valence electrons. The molecule has 3 N–H and O–H groups in total. The molecule has 0 radical (unpaired) electrons. The molecule has 9 nitrogen and oxygen atoms in total. The number of hydrogen-bond acceptors (Lipinski definition) is 8. The van der Waals surface area contributed by atoms with Gasteiger partial charge in [0.1, 0.15) is 0 Å². The van der Waals surface area contributed by atoms with Gasteiger partial charge in [-0.3, -0.25) is 10.1 Å². The van der Waals surface area contributed by atoms with Crippen LogP contribution in [0.4, 0.5) is 18.9 Å². The summed E-state index contributed by atoms with van der Waals surface area (Å²) in [5.41, 5.74) is -2.12. The standard InChI is InChI=1S/C16H16BF3N3O6P/c17-14(24)7-21(14)30(22-8-15(22,25)26)29-13(16(18,19)20)11-5-6-12(23(27)28)10-4-2-1-3-9(10)11/h1-6,13,24-26H,7-8,17H2. The molecule has 0 spiro atoms. The largest absolute Gasteiger partial charge is 0.419 e. The second-order valence-corrected chi connectivity index (χ2v) is 9.05. The Morgan fingerprint density at radius 1 is 1.13 bits per heavy atom. The Bertz CT molecular complexity index is 1000. The van der Waals surface area contributed by atoms with E-state index in [2.05, 4.69) is 0 Å². The summed E-state index contributed by atoms with van der Waals surface area (Å²) in [4.78, 5) is 10.6. The van der Waals surface area contributed by atoms with Crippen molar-refractivity contribution in [1.82, 2.24) is 9.34 Å². The molecular formula is C16H16BF3N3O6P. The van der Waals surface area contributed by atoms with Crippen LogP contribution in [-0.2, 0) is 4.52 Å². The first kappa shape index (κ1) is 21.4. The molecule has 2 fully saturated rings. The van der Waals surface area contributed by atoms with E-state index >= 15 is 0 Å². The average Bonchev–Trinajstić information content (AvgIpc) is 3.47. The number of β-amino-alcohol motifs (C(OH)–C–C–N with tert-alkyl or cyclic N) is 3. The predicted molar refractivity (Wildman–Crippen MR) is 101 cm³/mol. The van der Waals surface area contributed by atoms with Gasteiger partial charge in [-0.2, -0.15) is 17.8 Å². The van der Waals surface area contributed by atoms with Crippen molar-refractivity contribution in [3.63, 3.8) is 0 Å². The predicted octanol–water partition coefficient (Wildman–Crippen LogP) is 1.14. The third-order valence-electron chi connectivity index (χ3n) is 4.90. The molecule has 2 aliphatic rings. The minimum absolute atomic E-state index is 0.00311. The first-order valence-corrected chi connectivity index (χ1v) is 9.91. The molecule has 0 aromatic heterocycles. The van der Waals surface area contributed by atoms with E-state index in [1.807, 2.05) is 0 Å². The Kier molecular flexibility index (Phi) is 4.86. The lowest BCUT2D eigenvalue weighted by Crippen LogP contribution is -2.27. The van der Waals surface area contributed by atoms with Crippen molar-refractivity contribution in [1.29, 1.82) is 0 Å². The Hall–Kier alpha value is -1.86. The summed E-state index contributed by atoms with van der Waals surface area (Å²) in [7, 11) is -1.00. The number of rotatable bonds is 6. The highest BCUT2D eigenvalue weighted by Gasteiger charge is 2.64. The Balaban J connectivity index is 1.78. The maximum Gasteiger partial charge on any atom is 0.419 e. The molecule has 2 aliphatic heterocycles. The maximum atomic E-state index is 14.0. The number of nitro groups is 1. The van der Waals surface area contributed by atoms with Crippen molar-refractivity contribution in [3.8, 4) is 0 Å². The van der Waals surface area contributed by atoms with Gasteiger partial charge in [-0.15, -0.1) is 0 Å². The number of aliphatic hydroxyl groups is 3. The minimum Gasteiger partial charge on any atom is -0.382 e. The fourth-order valence-electron chi connectivity index (χ4n) is 3.18. The number of fused-ring (bicyclic) bond motifs is 1. The zero-order valence-electron chi connectivity index (χ0n) is 15.4. The third kappa shape index (κ3) is 3.78. The topological polar surface area (TPSA) is 119 Å². The molecule has 5 unspecified atom stereocenters. The summed E-state index contributed by atoms with van der Waals surface area (Å²) >= 11 is 0. The summed E-state index contributed by atoms with van der Waals surface area (Å²) in [6, 6.07) is 7.58. The van der Waals surface area contributed by atoms with Crippen molar-refractivity contribution in [2.75, 3.05) is 13.1 Å². The Morgan fingerprint density at radius 2 is 1.70 bits per heavy atom. The molecule has 0 amide bonds. The first-order valence-electron chi connectivity index (χ1n) is 8.75. The number of nitrogens with zero attached hydrogens (tertiary/aromatic N) is 3. The quantitative estimate of drug-likeness (QED) is 0.151. The van der Waals surface area contributed by atoms with E-state index in [9.17, 15) is 38.6 Å². The van der Waals surface area contributed by atoms with Gasteiger partial charge in [0.2, 0.25) is 5.91 Å². The van der Waals surface area contributed by atoms with Gasteiger partial charge in [0.25, 0.3) is 5.69 Å². The molecule has 14 heteroatoms. The van der Waals surface area contributed by atoms with Crippen LogP contribution in [0.1, 0.15) is 11.7 Å². The number of hydrogen-bond donors (Lipinski definition) is 3. The number of benzene rings is 2. The van der Waals surface area contributed by atoms with Crippen LogP contribution in [0.25, 0.3) is 10.8 Å². The molecular weight excluding hydrogens is 429 g/mol. The molecule has 2 heterocycles. The van der Waals surface area contributed by atoms with E-state index in [0.717, 1.165) is 16.8 Å². The summed E-state index contributed by atoms with van der Waals surface area (Å²) < 4.78 is 49.6. The normalized spacial score (nSPS) is 29.4. The minimum atomic E-state index is -4.91. The van der Waals surface area contributed by atoms with Crippen LogP contribution in [-0.4, -0.2) is 68.2 Å². The van der Waals surface area contributed by atoms with Gasteiger partial charge in [0, 0.05) is 12.6 Å². The van der Waals surface area contributed by atoms with Gasteiger partial charge in [-0.05, 0) is 23.1 Å². The highest BCUT2D eigenvalue weighted by molar-refractivity contribution is 7.48. The van der Waals surface area contributed by atoms with Crippen molar-refractivity contribution in [2.24, 2.45) is 0 Å². The van der Waals surface area contributed by atoms with E-state index in [1.165, 1.54) is 36.8 Å². The van der Waals surface area contributed by atoms with Gasteiger partial charge in [0.15, 0.2) is 22.4 Å². The molecule has 30 heavy (non-hydrogen) atoms. The molecule has 4 rings (SSSR count). The van der Waals surface area contributed by atoms with Crippen LogP contribution in [0.2, 0.25) is 0 Å². The van der Waals surface area contributed by atoms with Crippen molar-refractivity contribution in [3.05, 3.63) is 52.1 Å². The van der Waals surface area contributed by atoms with E-state index in [4.69, 9.17) is 4.52 Å². The van der Waals surface area contributed by atoms with Gasteiger partial charge in [-0.1, -0.05) is 18.2 Å². The lowest BCUT2D eigenvalue weighted by Gasteiger charge is -2.29. The molecule has 2 aromatic rings. The second kappa shape index (κ2) is 6.82. The van der Waals surface area contributed by atoms with Crippen LogP contribution >= 0.6 is 8.45 Å². The van der Waals surface area contributed by atoms with E-state index in [0.29, 0.717) is 0 Å². The van der Waals surface area contributed by atoms with Crippen molar-refractivity contribution in [2.45, 2.75) is 23.8 Å². The number of nitro benzene ring substituents is 1. The summed E-state index contributed by atoms with van der Waals surface area (Å²) in [6.07, 6.45) is -7.42. The number of non-ortho nitro benzene ring substituents is 1. The third-order valence-corrected chi connectivity index (χ3v) is 7.16. The summed E-state index contributed by atoms with van der Waals surface area (Å²) in [6.45, 7) is -0.340. The van der Waals surface area contributed by atoms with Gasteiger partial charge < -0.3 is 19.8 Å². The highest BCUT2D eigenvalue weighted by atomic mass is 31.2. The van der Waals surface area contributed by atoms with Gasteiger partial charge in [-0.25, -0.2) is 4.67 Å². The Labute approximate surface area is 169 Å². The number of halogens is 3. The second-order valence-electron chi connectivity index (χ2n) is 7.36. The van der Waals surface area contributed by atoms with E-state index < -0.39 is 37.2 Å². The summed E-state index contributed by atoms with van der Waals surface area (Å²) in [5, 5.41) is 40.8. The smallest absolute Gasteiger partial charge is 0.382 e. The molecule has 2 saturated heterocycles. The zero-order valence-corrected chi connectivity index (χ0v) is 16.3. The molecule has 0 saturated carbocycles. The van der Waals surface area contributed by atoms with Crippen molar-refractivity contribution >= 4 is 32.8 Å². The summed E-state index contributed by atoms with van der Waals surface area (Å²) in [5.74, 6) is -2.32. The zero-order chi connectivity index (χ0) is 22.1. The van der Waals surface area contributed by atoms with Gasteiger partial charge >= 0.3 is 6.18 Å². The average molecular weight is 445 g/mol. The molecule has 0 bridgehead atoms. The van der Waals surface area contributed by atoms with Crippen LogP contribution in [0.5, 0.6) is 0 Å². The van der Waals surface area contributed by atoms with E-state index in [-0.39, 0.29) is 35.1 Å². The van der Waals surface area contributed by atoms with Crippen LogP contribution in [0, 0.1) is 10.1 Å². The first-order chi connectivity index (χ1) is 13.8. The fourth-order valence-corrected chi connectivity index (χ4v) is 5.43. The maximum absolute atomic E-state index is 14.0. The Morgan fingerprint density at radius 3 is 2.17 bits per heavy atom. The highest BCUT2D eigenvalue weighted by Crippen LogP contribution is 2.65. The monoisotopic (exact) mass is 445 g/mol. The number of alkyl halides is 3. The van der Waals surface area contributed by atoms with Crippen LogP contribution in [0.3, 0.4) is 0 Å². The molecule has 2 aromatic carbocycles. The van der Waals surface area contributed by atoms with E-state index in [1.54, 1.807) is 0 Å². The lowest BCUT2D eigenvalue weighted by molar-refractivity contribution is -0.383. The van der Waals surface area contributed by atoms with Crippen LogP contribution in [0.15, 0.2) is 36.4 Å². The van der Waals surface area contributed by atoms with Crippen LogP contribution < -0.4 is 0 Å². The molecule has 0 aliphatic carbocycles. The fraction of sp³-hybridized carbons (Fsp3) is 0.375. The van der Waals surface area contributed by atoms with Gasteiger partial charge in [0.05, 0.1) is 22.5 Å². The molecule has 5 atom stereocenters. The van der Waals surface area contributed by atoms with Crippen molar-refractivity contribution < 1.29 is 37.9 Å². The SMILES string of the molecule is BC1(O)CN1P(OC(c1ccc([N+](=O)[O-])c2ccccc12)C(F)(F)F)N1CC1(O)O. The lowest BCUT2D eigenvalue weighted by atomic mass is 9.99.